The molecule has 2 rings (SSSR count). The Hall–Kier alpha value is -1.15. The molecule has 0 unspecified atom stereocenters. The molecule has 3 nitrogen and oxygen atoms in total. The van der Waals surface area contributed by atoms with Crippen molar-refractivity contribution in [3.05, 3.63) is 23.6 Å². The molecule has 1 aromatic rings. The number of nitrogens with zero attached hydrogens (tertiary/aromatic N) is 1. The minimum absolute atomic E-state index is 0.0193. The van der Waals surface area contributed by atoms with Crippen molar-refractivity contribution in [3.8, 4) is 0 Å². The first-order valence-electron chi connectivity index (χ1n) is 6.02. The zero-order valence-corrected chi connectivity index (χ0v) is 11.5. The summed E-state index contributed by atoms with van der Waals surface area (Å²) in [5.41, 5.74) is -2.76. The highest BCUT2D eigenvalue weighted by atomic mass is 19.4. The molecule has 0 aliphatic carbocycles. The Morgan fingerprint density at radius 3 is 2.00 bits per heavy atom. The minimum Gasteiger partial charge on any atom is -0.398 e. The van der Waals surface area contributed by atoms with Gasteiger partial charge in [0.25, 0.3) is 0 Å². The van der Waals surface area contributed by atoms with E-state index in [0.29, 0.717) is 12.3 Å². The number of pyridine rings is 1. The van der Waals surface area contributed by atoms with E-state index < -0.39 is 35.9 Å². The van der Waals surface area contributed by atoms with Crippen LogP contribution < -0.4 is 5.59 Å². The highest BCUT2D eigenvalue weighted by Gasteiger charge is 2.52. The van der Waals surface area contributed by atoms with Crippen LogP contribution in [0.1, 0.15) is 33.3 Å². The van der Waals surface area contributed by atoms with Gasteiger partial charge >= 0.3 is 13.3 Å². The van der Waals surface area contributed by atoms with Crippen LogP contribution >= 0.6 is 0 Å². The van der Waals surface area contributed by atoms with E-state index in [4.69, 9.17) is 9.31 Å². The van der Waals surface area contributed by atoms with E-state index in [0.717, 1.165) is 0 Å². The van der Waals surface area contributed by atoms with Crippen molar-refractivity contribution < 1.29 is 26.9 Å². The van der Waals surface area contributed by atoms with E-state index in [-0.39, 0.29) is 5.59 Å². The molecular weight excluding hydrogens is 277 g/mol. The van der Waals surface area contributed by atoms with E-state index in [9.17, 15) is 17.6 Å². The van der Waals surface area contributed by atoms with Gasteiger partial charge in [0, 0.05) is 6.20 Å². The summed E-state index contributed by atoms with van der Waals surface area (Å²) in [6, 6.07) is 0.699. The molecule has 2 heterocycles. The average Bonchev–Trinajstić information content (AvgIpc) is 2.46. The molecular formula is C12H14BF4NO2. The van der Waals surface area contributed by atoms with Crippen LogP contribution in [-0.4, -0.2) is 23.3 Å². The number of hydrogen-bond donors (Lipinski definition) is 0. The number of rotatable bonds is 1. The lowest BCUT2D eigenvalue weighted by Gasteiger charge is -2.32. The summed E-state index contributed by atoms with van der Waals surface area (Å²) in [6.45, 7) is 7.14. The second-order valence-corrected chi connectivity index (χ2v) is 5.68. The lowest BCUT2D eigenvalue weighted by Crippen LogP contribution is -2.41. The van der Waals surface area contributed by atoms with Crippen molar-refractivity contribution in [2.45, 2.75) is 45.1 Å². The molecule has 1 aliphatic rings. The van der Waals surface area contributed by atoms with E-state index in [2.05, 4.69) is 4.98 Å². The molecule has 1 aromatic heterocycles. The summed E-state index contributed by atoms with van der Waals surface area (Å²) < 4.78 is 62.1. The molecule has 1 saturated heterocycles. The Kier molecular flexibility index (Phi) is 3.37. The van der Waals surface area contributed by atoms with Gasteiger partial charge in [-0.05, 0) is 33.8 Å². The molecule has 0 spiro atoms. The SMILES string of the molecule is CC1(C)OB(c2cc(F)c(C(F)(F)F)cn2)OC1(C)C. The predicted molar refractivity (Wildman–Crippen MR) is 64.9 cm³/mol. The molecule has 0 radical (unpaired) electrons. The maximum atomic E-state index is 13.5. The van der Waals surface area contributed by atoms with Crippen LogP contribution in [0.4, 0.5) is 17.6 Å². The smallest absolute Gasteiger partial charge is 0.398 e. The molecule has 1 aliphatic heterocycles. The lowest BCUT2D eigenvalue weighted by molar-refractivity contribution is -0.140. The molecule has 0 N–H and O–H groups in total. The molecule has 0 atom stereocenters. The zero-order valence-electron chi connectivity index (χ0n) is 11.5. The summed E-state index contributed by atoms with van der Waals surface area (Å²) in [5, 5.41) is 0. The zero-order chi connectivity index (χ0) is 15.3. The number of hydrogen-bond acceptors (Lipinski definition) is 3. The minimum atomic E-state index is -4.77. The van der Waals surface area contributed by atoms with Gasteiger partial charge in [-0.3, -0.25) is 4.98 Å². The van der Waals surface area contributed by atoms with Crippen molar-refractivity contribution in [1.29, 1.82) is 0 Å². The number of halogens is 4. The second-order valence-electron chi connectivity index (χ2n) is 5.68. The molecule has 0 saturated carbocycles. The maximum Gasteiger partial charge on any atom is 0.514 e. The molecule has 0 bridgehead atoms. The topological polar surface area (TPSA) is 31.4 Å². The fraction of sp³-hybridized carbons (Fsp3) is 0.583. The fourth-order valence-electron chi connectivity index (χ4n) is 1.75. The van der Waals surface area contributed by atoms with Crippen LogP contribution in [0.25, 0.3) is 0 Å². The number of alkyl halides is 3. The van der Waals surface area contributed by atoms with Crippen molar-refractivity contribution in [3.63, 3.8) is 0 Å². The Bertz CT molecular complexity index is 515. The Morgan fingerprint density at radius 1 is 1.10 bits per heavy atom. The van der Waals surface area contributed by atoms with Crippen LogP contribution in [0.5, 0.6) is 0 Å². The normalized spacial score (nSPS) is 21.3. The molecule has 0 amide bonds. The Balaban J connectivity index is 2.31. The summed E-state index contributed by atoms with van der Waals surface area (Å²) >= 11 is 0. The highest BCUT2D eigenvalue weighted by molar-refractivity contribution is 6.61. The predicted octanol–water partition coefficient (Wildman–Crippen LogP) is 2.54. The lowest BCUT2D eigenvalue weighted by atomic mass is 9.84. The highest BCUT2D eigenvalue weighted by Crippen LogP contribution is 2.36. The van der Waals surface area contributed by atoms with Crippen LogP contribution in [0.15, 0.2) is 12.3 Å². The molecule has 20 heavy (non-hydrogen) atoms. The van der Waals surface area contributed by atoms with Crippen molar-refractivity contribution in [2.24, 2.45) is 0 Å². The first kappa shape index (κ1) is 15.2. The third kappa shape index (κ3) is 2.54. The van der Waals surface area contributed by atoms with Gasteiger partial charge in [0.05, 0.1) is 16.8 Å². The summed E-state index contributed by atoms with van der Waals surface area (Å²) in [4.78, 5) is 3.61. The van der Waals surface area contributed by atoms with Gasteiger partial charge < -0.3 is 9.31 Å². The maximum absolute atomic E-state index is 13.5. The van der Waals surface area contributed by atoms with Crippen LogP contribution in [0.3, 0.4) is 0 Å². The standard InChI is InChI=1S/C12H14BF4NO2/c1-10(2)11(3,4)20-13(19-10)9-5-8(14)7(6-18-9)12(15,16)17/h5-6H,1-4H3. The van der Waals surface area contributed by atoms with Crippen molar-refractivity contribution in [2.75, 3.05) is 0 Å². The number of aromatic nitrogens is 1. The first-order valence-corrected chi connectivity index (χ1v) is 6.02. The second kappa shape index (κ2) is 4.43. The van der Waals surface area contributed by atoms with Gasteiger partial charge in [0.1, 0.15) is 11.4 Å². The summed E-state index contributed by atoms with van der Waals surface area (Å²) in [7, 11) is -0.989. The van der Waals surface area contributed by atoms with Gasteiger partial charge in [-0.25, -0.2) is 4.39 Å². The quantitative estimate of drug-likeness (QED) is 0.588. The Morgan fingerprint density at radius 2 is 1.60 bits per heavy atom. The van der Waals surface area contributed by atoms with Crippen molar-refractivity contribution >= 4 is 12.7 Å². The molecule has 8 heteroatoms. The monoisotopic (exact) mass is 291 g/mol. The van der Waals surface area contributed by atoms with Gasteiger partial charge in [-0.1, -0.05) is 0 Å². The van der Waals surface area contributed by atoms with E-state index in [1.807, 2.05) is 0 Å². The average molecular weight is 291 g/mol. The van der Waals surface area contributed by atoms with Crippen LogP contribution in [0, 0.1) is 5.82 Å². The summed E-state index contributed by atoms with van der Waals surface area (Å²) in [6.07, 6.45) is -4.32. The molecule has 110 valence electrons. The van der Waals surface area contributed by atoms with Crippen LogP contribution in [0.2, 0.25) is 0 Å². The van der Waals surface area contributed by atoms with Gasteiger partial charge in [-0.15, -0.1) is 0 Å². The first-order chi connectivity index (χ1) is 8.94. The Labute approximate surface area is 114 Å². The third-order valence-electron chi connectivity index (χ3n) is 3.67. The van der Waals surface area contributed by atoms with Crippen LogP contribution in [-0.2, 0) is 15.5 Å². The van der Waals surface area contributed by atoms with E-state index in [1.54, 1.807) is 27.7 Å². The van der Waals surface area contributed by atoms with Gasteiger partial charge in [0.15, 0.2) is 0 Å². The molecule has 1 fully saturated rings. The fourth-order valence-corrected chi connectivity index (χ4v) is 1.75. The van der Waals surface area contributed by atoms with Crippen molar-refractivity contribution in [1.82, 2.24) is 4.98 Å². The van der Waals surface area contributed by atoms with E-state index >= 15 is 0 Å². The molecule has 0 aromatic carbocycles. The largest absolute Gasteiger partial charge is 0.514 e. The van der Waals surface area contributed by atoms with Gasteiger partial charge in [-0.2, -0.15) is 13.2 Å². The van der Waals surface area contributed by atoms with Gasteiger partial charge in [0.2, 0.25) is 0 Å². The summed E-state index contributed by atoms with van der Waals surface area (Å²) in [5.74, 6) is -1.39. The van der Waals surface area contributed by atoms with E-state index in [1.165, 1.54) is 0 Å². The third-order valence-corrected chi connectivity index (χ3v) is 3.67.